The van der Waals surface area contributed by atoms with Crippen LogP contribution in [0.3, 0.4) is 0 Å². The predicted octanol–water partition coefficient (Wildman–Crippen LogP) is 1.67. The zero-order chi connectivity index (χ0) is 15.5. The summed E-state index contributed by atoms with van der Waals surface area (Å²) < 4.78 is 9.97. The van der Waals surface area contributed by atoms with E-state index >= 15 is 0 Å². The van der Waals surface area contributed by atoms with Crippen molar-refractivity contribution >= 4 is 5.97 Å². The first-order valence-electron chi connectivity index (χ1n) is 7.30. The molecule has 0 amide bonds. The lowest BCUT2D eigenvalue weighted by Crippen LogP contribution is -2.38. The van der Waals surface area contributed by atoms with E-state index in [1.165, 1.54) is 7.11 Å². The highest BCUT2D eigenvalue weighted by molar-refractivity contribution is 5.70. The molecule has 0 fully saturated rings. The molecule has 2 atom stereocenters. The van der Waals surface area contributed by atoms with Gasteiger partial charge in [0.2, 0.25) is 0 Å². The summed E-state index contributed by atoms with van der Waals surface area (Å²) in [5.41, 5.74) is 0.781. The number of rotatable bonds is 10. The number of carbonyl (C=O) groups excluding carboxylic acids is 1. The fourth-order valence-electron chi connectivity index (χ4n) is 2.05. The number of ether oxygens (including phenoxy) is 2. The Morgan fingerprint density at radius 3 is 2.67 bits per heavy atom. The number of esters is 1. The summed E-state index contributed by atoms with van der Waals surface area (Å²) in [5, 5.41) is 13.6. The van der Waals surface area contributed by atoms with Crippen LogP contribution in [0.4, 0.5) is 0 Å². The maximum Gasteiger partial charge on any atom is 0.307 e. The molecule has 1 aromatic rings. The molecule has 118 valence electrons. The molecule has 5 nitrogen and oxygen atoms in total. The van der Waals surface area contributed by atoms with Crippen molar-refractivity contribution in [1.82, 2.24) is 5.32 Å². The molecule has 1 rings (SSSR count). The maximum atomic E-state index is 11.5. The minimum absolute atomic E-state index is 0.126. The highest BCUT2D eigenvalue weighted by Crippen LogP contribution is 2.19. The Kier molecular flexibility index (Phi) is 8.66. The van der Waals surface area contributed by atoms with Crippen LogP contribution in [0.5, 0.6) is 0 Å². The number of carbonyl (C=O) groups is 1. The highest BCUT2D eigenvalue weighted by atomic mass is 16.5. The summed E-state index contributed by atoms with van der Waals surface area (Å²) in [7, 11) is 1.35. The normalized spacial score (nSPS) is 13.7. The fourth-order valence-corrected chi connectivity index (χ4v) is 2.05. The van der Waals surface area contributed by atoms with E-state index in [2.05, 4.69) is 5.32 Å². The first-order valence-corrected chi connectivity index (χ1v) is 7.30. The van der Waals surface area contributed by atoms with Crippen molar-refractivity contribution in [2.45, 2.75) is 31.9 Å². The van der Waals surface area contributed by atoms with Crippen molar-refractivity contribution in [3.8, 4) is 0 Å². The molecule has 0 aliphatic rings. The molecule has 0 aromatic heterocycles. The lowest BCUT2D eigenvalue weighted by atomic mass is 9.99. The smallest absolute Gasteiger partial charge is 0.307 e. The van der Waals surface area contributed by atoms with Gasteiger partial charge in [0.05, 0.1) is 19.6 Å². The number of aliphatic hydroxyl groups excluding tert-OH is 1. The fraction of sp³-hybridized carbons (Fsp3) is 0.562. The van der Waals surface area contributed by atoms with Gasteiger partial charge in [-0.05, 0) is 25.5 Å². The second-order valence-electron chi connectivity index (χ2n) is 4.75. The Morgan fingerprint density at radius 2 is 2.05 bits per heavy atom. The van der Waals surface area contributed by atoms with Gasteiger partial charge >= 0.3 is 5.97 Å². The Bertz CT molecular complexity index is 397. The second-order valence-corrected chi connectivity index (χ2v) is 4.75. The summed E-state index contributed by atoms with van der Waals surface area (Å²) >= 11 is 0. The van der Waals surface area contributed by atoms with E-state index in [1.807, 2.05) is 37.3 Å². The van der Waals surface area contributed by atoms with Crippen LogP contribution >= 0.6 is 0 Å². The SMILES string of the molecule is CCOCCCNC(CC(=O)OC)C(O)c1ccccc1. The van der Waals surface area contributed by atoms with Crippen LogP contribution in [0.25, 0.3) is 0 Å². The van der Waals surface area contributed by atoms with Gasteiger partial charge in [0.15, 0.2) is 0 Å². The second kappa shape index (κ2) is 10.3. The largest absolute Gasteiger partial charge is 0.469 e. The first-order chi connectivity index (χ1) is 10.2. The van der Waals surface area contributed by atoms with Gasteiger partial charge in [0, 0.05) is 19.3 Å². The molecule has 0 saturated carbocycles. The Labute approximate surface area is 126 Å². The van der Waals surface area contributed by atoms with Crippen LogP contribution < -0.4 is 5.32 Å². The van der Waals surface area contributed by atoms with Crippen molar-refractivity contribution in [3.63, 3.8) is 0 Å². The minimum Gasteiger partial charge on any atom is -0.469 e. The third kappa shape index (κ3) is 6.71. The highest BCUT2D eigenvalue weighted by Gasteiger charge is 2.23. The van der Waals surface area contributed by atoms with E-state index in [-0.39, 0.29) is 18.4 Å². The van der Waals surface area contributed by atoms with Gasteiger partial charge in [-0.25, -0.2) is 0 Å². The van der Waals surface area contributed by atoms with Crippen LogP contribution in [0, 0.1) is 0 Å². The molecule has 0 bridgehead atoms. The first kappa shape index (κ1) is 17.6. The predicted molar refractivity (Wildman–Crippen MR) is 80.9 cm³/mol. The Balaban J connectivity index is 2.57. The van der Waals surface area contributed by atoms with Crippen molar-refractivity contribution in [1.29, 1.82) is 0 Å². The lowest BCUT2D eigenvalue weighted by Gasteiger charge is -2.23. The maximum absolute atomic E-state index is 11.5. The summed E-state index contributed by atoms with van der Waals surface area (Å²) in [6.07, 6.45) is 0.200. The summed E-state index contributed by atoms with van der Waals surface area (Å²) in [6.45, 7) is 3.98. The van der Waals surface area contributed by atoms with Crippen molar-refractivity contribution < 1.29 is 19.4 Å². The molecule has 5 heteroatoms. The molecular formula is C16H25NO4. The van der Waals surface area contributed by atoms with E-state index in [0.29, 0.717) is 19.8 Å². The number of hydrogen-bond acceptors (Lipinski definition) is 5. The number of hydrogen-bond donors (Lipinski definition) is 2. The number of nitrogens with one attached hydrogen (secondary N) is 1. The van der Waals surface area contributed by atoms with E-state index in [9.17, 15) is 9.90 Å². The molecule has 0 aliphatic heterocycles. The quantitative estimate of drug-likeness (QED) is 0.507. The number of methoxy groups -OCH3 is 1. The summed E-state index contributed by atoms with van der Waals surface area (Å²) in [5.74, 6) is -0.340. The monoisotopic (exact) mass is 295 g/mol. The van der Waals surface area contributed by atoms with Crippen molar-refractivity contribution in [3.05, 3.63) is 35.9 Å². The van der Waals surface area contributed by atoms with Crippen LogP contribution in [-0.4, -0.2) is 44.0 Å². The van der Waals surface area contributed by atoms with Crippen LogP contribution in [0.1, 0.15) is 31.4 Å². The zero-order valence-corrected chi connectivity index (χ0v) is 12.7. The third-order valence-corrected chi connectivity index (χ3v) is 3.21. The van der Waals surface area contributed by atoms with Gasteiger partial charge in [-0.1, -0.05) is 30.3 Å². The van der Waals surface area contributed by atoms with Gasteiger partial charge in [-0.3, -0.25) is 4.79 Å². The van der Waals surface area contributed by atoms with E-state index in [0.717, 1.165) is 12.0 Å². The van der Waals surface area contributed by atoms with Gasteiger partial charge in [-0.2, -0.15) is 0 Å². The van der Waals surface area contributed by atoms with Gasteiger partial charge in [-0.15, -0.1) is 0 Å². The molecule has 2 N–H and O–H groups in total. The van der Waals surface area contributed by atoms with Crippen molar-refractivity contribution in [2.75, 3.05) is 26.9 Å². The molecule has 0 radical (unpaired) electrons. The average Bonchev–Trinajstić information content (AvgIpc) is 2.53. The minimum atomic E-state index is -0.752. The Hall–Kier alpha value is -1.43. The molecule has 2 unspecified atom stereocenters. The average molecular weight is 295 g/mol. The third-order valence-electron chi connectivity index (χ3n) is 3.21. The molecule has 0 aliphatic carbocycles. The zero-order valence-electron chi connectivity index (χ0n) is 12.7. The molecular weight excluding hydrogens is 270 g/mol. The molecule has 0 saturated heterocycles. The Morgan fingerprint density at radius 1 is 1.33 bits per heavy atom. The van der Waals surface area contributed by atoms with Crippen LogP contribution in [0.15, 0.2) is 30.3 Å². The summed E-state index contributed by atoms with van der Waals surface area (Å²) in [4.78, 5) is 11.5. The van der Waals surface area contributed by atoms with Crippen molar-refractivity contribution in [2.24, 2.45) is 0 Å². The van der Waals surface area contributed by atoms with Gasteiger partial charge in [0.1, 0.15) is 0 Å². The van der Waals surface area contributed by atoms with Crippen LogP contribution in [0.2, 0.25) is 0 Å². The van der Waals surface area contributed by atoms with Gasteiger partial charge in [0.25, 0.3) is 0 Å². The molecule has 0 heterocycles. The van der Waals surface area contributed by atoms with E-state index < -0.39 is 6.10 Å². The van der Waals surface area contributed by atoms with Crippen LogP contribution in [-0.2, 0) is 14.3 Å². The van der Waals surface area contributed by atoms with E-state index in [1.54, 1.807) is 0 Å². The summed E-state index contributed by atoms with van der Waals surface area (Å²) in [6, 6.07) is 8.93. The topological polar surface area (TPSA) is 67.8 Å². The van der Waals surface area contributed by atoms with Gasteiger partial charge < -0.3 is 19.9 Å². The lowest BCUT2D eigenvalue weighted by molar-refractivity contribution is -0.142. The van der Waals surface area contributed by atoms with E-state index in [4.69, 9.17) is 9.47 Å². The molecule has 21 heavy (non-hydrogen) atoms. The standard InChI is InChI=1S/C16H25NO4/c1-3-21-11-7-10-17-14(12-15(18)20-2)16(19)13-8-5-4-6-9-13/h4-6,8-9,14,16-17,19H,3,7,10-12H2,1-2H3. The molecule has 1 aromatic carbocycles. The molecule has 0 spiro atoms. The number of benzene rings is 1. The number of aliphatic hydroxyl groups is 1.